The molecule has 0 bridgehead atoms. The van der Waals surface area contributed by atoms with Gasteiger partial charge in [-0.1, -0.05) is 0 Å². The van der Waals surface area contributed by atoms with Crippen LogP contribution < -0.4 is 4.74 Å². The Morgan fingerprint density at radius 3 is 2.72 bits per heavy atom. The van der Waals surface area contributed by atoms with E-state index in [1.807, 2.05) is 42.2 Å². The number of ether oxygens (including phenoxy) is 1. The zero-order valence-corrected chi connectivity index (χ0v) is 12.1. The van der Waals surface area contributed by atoms with Gasteiger partial charge >= 0.3 is 0 Å². The van der Waals surface area contributed by atoms with Gasteiger partial charge in [0.1, 0.15) is 9.35 Å². The first-order chi connectivity index (χ1) is 8.69. The molecule has 5 nitrogen and oxygen atoms in total. The molecule has 0 spiro atoms. The van der Waals surface area contributed by atoms with Crippen molar-refractivity contribution < 1.29 is 4.74 Å². The Morgan fingerprint density at radius 2 is 2.06 bits per heavy atom. The van der Waals surface area contributed by atoms with Crippen molar-refractivity contribution in [2.75, 3.05) is 7.11 Å². The summed E-state index contributed by atoms with van der Waals surface area (Å²) in [6.07, 6.45) is 5.63. The normalized spacial score (nSPS) is 11.1. The van der Waals surface area contributed by atoms with Crippen LogP contribution >= 0.6 is 22.6 Å². The minimum Gasteiger partial charge on any atom is -0.482 e. The van der Waals surface area contributed by atoms with Crippen LogP contribution in [0.5, 0.6) is 5.88 Å². The second kappa shape index (κ2) is 4.27. The van der Waals surface area contributed by atoms with Crippen molar-refractivity contribution in [1.82, 2.24) is 19.2 Å². The van der Waals surface area contributed by atoms with Gasteiger partial charge in [0.25, 0.3) is 0 Å². The van der Waals surface area contributed by atoms with Crippen LogP contribution in [0.4, 0.5) is 0 Å². The highest BCUT2D eigenvalue weighted by atomic mass is 127. The number of methoxy groups -OCH3 is 1. The fourth-order valence-corrected chi connectivity index (χ4v) is 2.55. The van der Waals surface area contributed by atoms with E-state index < -0.39 is 0 Å². The van der Waals surface area contributed by atoms with Crippen molar-refractivity contribution in [1.29, 1.82) is 0 Å². The molecule has 3 rings (SSSR count). The first-order valence-corrected chi connectivity index (χ1v) is 6.47. The topological polar surface area (TPSA) is 44.3 Å². The van der Waals surface area contributed by atoms with E-state index in [-0.39, 0.29) is 0 Å². The molecule has 0 atom stereocenters. The number of rotatable bonds is 2. The summed E-state index contributed by atoms with van der Waals surface area (Å²) in [4.78, 5) is 4.37. The third kappa shape index (κ3) is 1.76. The lowest BCUT2D eigenvalue weighted by Crippen LogP contribution is -1.96. The third-order valence-corrected chi connectivity index (χ3v) is 3.54. The van der Waals surface area contributed by atoms with Gasteiger partial charge in [0.2, 0.25) is 0 Å². The molecule has 0 aliphatic heterocycles. The van der Waals surface area contributed by atoms with Crippen molar-refractivity contribution in [2.45, 2.75) is 0 Å². The van der Waals surface area contributed by atoms with Crippen molar-refractivity contribution in [3.63, 3.8) is 0 Å². The molecule has 0 aromatic carbocycles. The maximum atomic E-state index is 5.43. The summed E-state index contributed by atoms with van der Waals surface area (Å²) in [5, 5.41) is 4.18. The minimum absolute atomic E-state index is 0.772. The summed E-state index contributed by atoms with van der Waals surface area (Å²) < 4.78 is 10.2. The van der Waals surface area contributed by atoms with E-state index in [9.17, 15) is 0 Å². The highest BCUT2D eigenvalue weighted by Crippen LogP contribution is 2.27. The maximum absolute atomic E-state index is 5.43. The average Bonchev–Trinajstić information content (AvgIpc) is 2.95. The van der Waals surface area contributed by atoms with E-state index in [1.165, 1.54) is 0 Å². The van der Waals surface area contributed by atoms with E-state index in [0.29, 0.717) is 0 Å². The fourth-order valence-electron chi connectivity index (χ4n) is 1.93. The Morgan fingerprint density at radius 1 is 1.22 bits per heavy atom. The molecule has 18 heavy (non-hydrogen) atoms. The number of aryl methyl sites for hydroxylation is 1. The quantitative estimate of drug-likeness (QED) is 0.664. The molecule has 0 saturated carbocycles. The Hall–Kier alpha value is -1.57. The van der Waals surface area contributed by atoms with Gasteiger partial charge in [-0.25, -0.2) is 4.98 Å². The van der Waals surface area contributed by atoms with Crippen LogP contribution in [0.2, 0.25) is 0 Å². The van der Waals surface area contributed by atoms with Crippen LogP contribution in [-0.2, 0) is 7.05 Å². The van der Waals surface area contributed by atoms with Gasteiger partial charge in [-0.3, -0.25) is 9.08 Å². The molecule has 0 fully saturated rings. The van der Waals surface area contributed by atoms with Crippen LogP contribution in [0.1, 0.15) is 0 Å². The van der Waals surface area contributed by atoms with E-state index in [1.54, 1.807) is 11.8 Å². The van der Waals surface area contributed by atoms with Crippen LogP contribution in [0.25, 0.3) is 16.8 Å². The minimum atomic E-state index is 0.772. The molecule has 0 unspecified atom stereocenters. The highest BCUT2D eigenvalue weighted by molar-refractivity contribution is 14.1. The second-order valence-electron chi connectivity index (χ2n) is 3.96. The highest BCUT2D eigenvalue weighted by Gasteiger charge is 2.10. The third-order valence-electron chi connectivity index (χ3n) is 2.78. The molecule has 92 valence electrons. The van der Waals surface area contributed by atoms with Gasteiger partial charge in [-0.15, -0.1) is 0 Å². The monoisotopic (exact) mass is 354 g/mol. The number of pyridine rings is 1. The zero-order chi connectivity index (χ0) is 12.7. The fraction of sp³-hybridized carbons (Fsp3) is 0.167. The molecule has 0 radical (unpaired) electrons. The van der Waals surface area contributed by atoms with E-state index in [2.05, 4.69) is 32.7 Å². The Labute approximate surface area is 118 Å². The number of halogens is 1. The molecule has 0 aliphatic carbocycles. The first kappa shape index (κ1) is 11.5. The predicted octanol–water partition coefficient (Wildman–Crippen LogP) is 2.35. The second-order valence-corrected chi connectivity index (χ2v) is 5.07. The van der Waals surface area contributed by atoms with Crippen molar-refractivity contribution >= 4 is 28.2 Å². The number of nitrogens with zero attached hydrogens (tertiary/aromatic N) is 4. The number of hydrogen-bond acceptors (Lipinski definition) is 3. The lowest BCUT2D eigenvalue weighted by Gasteiger charge is -2.07. The molecule has 0 amide bonds. The standard InChI is InChI=1S/C12H11IN4O/c1-16-7-9(5-15-16)8-3-11-14-6-10(13)17(11)12(4-8)18-2/h3-7H,1-2H3. The van der Waals surface area contributed by atoms with Crippen LogP contribution in [0.15, 0.2) is 30.7 Å². The number of aromatic nitrogens is 4. The van der Waals surface area contributed by atoms with E-state index in [0.717, 1.165) is 26.4 Å². The largest absolute Gasteiger partial charge is 0.482 e. The predicted molar refractivity (Wildman–Crippen MR) is 76.7 cm³/mol. The molecule has 3 heterocycles. The van der Waals surface area contributed by atoms with Gasteiger partial charge in [0, 0.05) is 24.9 Å². The molecule has 0 N–H and O–H groups in total. The molecular weight excluding hydrogens is 343 g/mol. The van der Waals surface area contributed by atoms with Gasteiger partial charge < -0.3 is 4.74 Å². The van der Waals surface area contributed by atoms with Crippen molar-refractivity contribution in [2.24, 2.45) is 7.05 Å². The summed E-state index contributed by atoms with van der Waals surface area (Å²) in [6.45, 7) is 0. The summed E-state index contributed by atoms with van der Waals surface area (Å²) in [5.74, 6) is 0.772. The van der Waals surface area contributed by atoms with Crippen molar-refractivity contribution in [3.05, 3.63) is 34.4 Å². The Bertz CT molecular complexity index is 716. The lowest BCUT2D eigenvalue weighted by atomic mass is 10.1. The van der Waals surface area contributed by atoms with Gasteiger partial charge in [0.05, 0.1) is 19.5 Å². The summed E-state index contributed by atoms with van der Waals surface area (Å²) in [5.41, 5.74) is 2.98. The molecule has 3 aromatic rings. The average molecular weight is 354 g/mol. The van der Waals surface area contributed by atoms with Gasteiger partial charge in [-0.05, 0) is 34.2 Å². The number of imidazole rings is 1. The molecule has 6 heteroatoms. The maximum Gasteiger partial charge on any atom is 0.200 e. The molecular formula is C12H11IN4O. The van der Waals surface area contributed by atoms with E-state index in [4.69, 9.17) is 4.74 Å². The smallest absolute Gasteiger partial charge is 0.200 e. The molecule has 3 aromatic heterocycles. The summed E-state index contributed by atoms with van der Waals surface area (Å²) >= 11 is 2.24. The van der Waals surface area contributed by atoms with Crippen LogP contribution in [-0.4, -0.2) is 26.3 Å². The Kier molecular flexibility index (Phi) is 2.73. The summed E-state index contributed by atoms with van der Waals surface area (Å²) in [6, 6.07) is 4.02. The first-order valence-electron chi connectivity index (χ1n) is 5.39. The van der Waals surface area contributed by atoms with Gasteiger partial charge in [0.15, 0.2) is 5.88 Å². The zero-order valence-electron chi connectivity index (χ0n) is 9.96. The summed E-state index contributed by atoms with van der Waals surface area (Å²) in [7, 11) is 3.57. The van der Waals surface area contributed by atoms with Crippen molar-refractivity contribution in [3.8, 4) is 17.0 Å². The molecule has 0 aliphatic rings. The number of hydrogen-bond donors (Lipinski definition) is 0. The number of fused-ring (bicyclic) bond motifs is 1. The van der Waals surface area contributed by atoms with Crippen LogP contribution in [0.3, 0.4) is 0 Å². The van der Waals surface area contributed by atoms with Crippen LogP contribution in [0, 0.1) is 3.70 Å². The molecule has 0 saturated heterocycles. The van der Waals surface area contributed by atoms with Gasteiger partial charge in [-0.2, -0.15) is 5.10 Å². The van der Waals surface area contributed by atoms with E-state index >= 15 is 0 Å². The lowest BCUT2D eigenvalue weighted by molar-refractivity contribution is 0.391. The SMILES string of the molecule is COc1cc(-c2cnn(C)c2)cc2ncc(I)n12. The Balaban J connectivity index is 2.26.